The van der Waals surface area contributed by atoms with Crippen LogP contribution in [0, 0.1) is 0 Å². The van der Waals surface area contributed by atoms with E-state index in [4.69, 9.17) is 16.3 Å². The largest absolute Gasteiger partial charge is 0.420 e. The number of carbonyl (C=O) groups excluding carboxylic acids is 1. The van der Waals surface area contributed by atoms with E-state index in [2.05, 4.69) is 30.8 Å². The van der Waals surface area contributed by atoms with Crippen LogP contribution in [0.4, 0.5) is 38.1 Å². The molecule has 0 saturated heterocycles. The van der Waals surface area contributed by atoms with Gasteiger partial charge in [0.1, 0.15) is 11.3 Å². The van der Waals surface area contributed by atoms with Crippen molar-refractivity contribution in [1.29, 1.82) is 0 Å². The van der Waals surface area contributed by atoms with E-state index in [1.165, 1.54) is 26.4 Å². The molecule has 3 aromatic heterocycles. The number of pyridine rings is 2. The molecule has 33 heavy (non-hydrogen) atoms. The fourth-order valence-electron chi connectivity index (χ4n) is 2.79. The second kappa shape index (κ2) is 9.62. The third kappa shape index (κ3) is 5.34. The molecule has 0 aliphatic heterocycles. The summed E-state index contributed by atoms with van der Waals surface area (Å²) < 4.78 is 71.9. The number of carbonyl (C=O) groups is 1. The first-order valence-corrected chi connectivity index (χ1v) is 9.41. The topological polar surface area (TPSA) is 107 Å². The van der Waals surface area contributed by atoms with Crippen molar-refractivity contribution in [3.05, 3.63) is 52.7 Å². The second-order valence-corrected chi connectivity index (χ2v) is 6.83. The first-order chi connectivity index (χ1) is 15.5. The van der Waals surface area contributed by atoms with E-state index in [9.17, 15) is 26.7 Å². The van der Waals surface area contributed by atoms with E-state index in [1.54, 1.807) is 0 Å². The van der Waals surface area contributed by atoms with Crippen molar-refractivity contribution in [2.24, 2.45) is 0 Å². The van der Waals surface area contributed by atoms with Crippen LogP contribution in [0.15, 0.2) is 30.9 Å². The molecule has 0 aliphatic carbocycles. The predicted octanol–water partition coefficient (Wildman–Crippen LogP) is 5.02. The summed E-state index contributed by atoms with van der Waals surface area (Å²) in [6.07, 6.45) is -4.34. The number of urea groups is 1. The van der Waals surface area contributed by atoms with Crippen LogP contribution in [0.5, 0.6) is 0 Å². The molecular weight excluding hydrogens is 477 g/mol. The van der Waals surface area contributed by atoms with Gasteiger partial charge in [-0.3, -0.25) is 4.98 Å². The lowest BCUT2D eigenvalue weighted by Gasteiger charge is -2.19. The van der Waals surface area contributed by atoms with Crippen LogP contribution >= 0.6 is 11.6 Å². The highest BCUT2D eigenvalue weighted by Crippen LogP contribution is 2.37. The van der Waals surface area contributed by atoms with Gasteiger partial charge in [-0.05, 0) is 13.0 Å². The molecule has 15 heteroatoms. The van der Waals surface area contributed by atoms with Gasteiger partial charge in [0.05, 0.1) is 47.3 Å². The zero-order valence-electron chi connectivity index (χ0n) is 16.9. The molecule has 0 saturated carbocycles. The Balaban J connectivity index is 1.89. The van der Waals surface area contributed by atoms with Gasteiger partial charge in [0.15, 0.2) is 5.82 Å². The first-order valence-electron chi connectivity index (χ1n) is 9.04. The van der Waals surface area contributed by atoms with E-state index in [0.717, 1.165) is 12.4 Å². The molecule has 1 atom stereocenters. The SMILES string of the molecule is CO[C@@H](C)c1c(NC(=O)Nc2cnc(-n3nccn3)c(C(F)(F)F)c2)cnc(C(F)F)c1Cl. The Hall–Kier alpha value is -3.39. The Bertz CT molecular complexity index is 1140. The number of aromatic nitrogens is 5. The molecule has 9 nitrogen and oxygen atoms in total. The number of alkyl halides is 5. The van der Waals surface area contributed by atoms with E-state index in [1.807, 2.05) is 0 Å². The van der Waals surface area contributed by atoms with Gasteiger partial charge in [-0.2, -0.15) is 23.4 Å². The maximum atomic E-state index is 13.5. The summed E-state index contributed by atoms with van der Waals surface area (Å²) in [6.45, 7) is 1.50. The zero-order valence-corrected chi connectivity index (χ0v) is 17.6. The lowest BCUT2D eigenvalue weighted by atomic mass is 10.1. The van der Waals surface area contributed by atoms with Gasteiger partial charge in [0.25, 0.3) is 6.43 Å². The molecule has 0 bridgehead atoms. The average Bonchev–Trinajstić information content (AvgIpc) is 3.27. The van der Waals surface area contributed by atoms with E-state index in [0.29, 0.717) is 10.9 Å². The van der Waals surface area contributed by atoms with Crippen LogP contribution in [-0.4, -0.2) is 38.1 Å². The molecule has 3 heterocycles. The number of halogens is 6. The summed E-state index contributed by atoms with van der Waals surface area (Å²) in [5, 5.41) is 11.4. The Morgan fingerprint density at radius 1 is 1.15 bits per heavy atom. The minimum atomic E-state index is -4.83. The van der Waals surface area contributed by atoms with Crippen molar-refractivity contribution in [2.45, 2.75) is 25.6 Å². The number of amides is 2. The van der Waals surface area contributed by atoms with Gasteiger partial charge in [0, 0.05) is 12.7 Å². The minimum absolute atomic E-state index is 0.0221. The van der Waals surface area contributed by atoms with Gasteiger partial charge in [0.2, 0.25) is 0 Å². The maximum Gasteiger partial charge on any atom is 0.420 e. The third-order valence-electron chi connectivity index (χ3n) is 4.34. The zero-order chi connectivity index (χ0) is 24.3. The highest BCUT2D eigenvalue weighted by Gasteiger charge is 2.36. The first kappa shape index (κ1) is 24.3. The molecule has 2 N–H and O–H groups in total. The number of ether oxygens (including phenoxy) is 1. The molecule has 176 valence electrons. The molecule has 3 aromatic rings. The minimum Gasteiger partial charge on any atom is -0.377 e. The number of hydrogen-bond acceptors (Lipinski definition) is 6. The van der Waals surface area contributed by atoms with Crippen LogP contribution in [0.2, 0.25) is 5.02 Å². The molecule has 2 amide bonds. The second-order valence-electron chi connectivity index (χ2n) is 6.45. The maximum absolute atomic E-state index is 13.5. The number of nitrogens with one attached hydrogen (secondary N) is 2. The fourth-order valence-corrected chi connectivity index (χ4v) is 3.17. The molecule has 0 unspecified atom stereocenters. The Morgan fingerprint density at radius 3 is 2.39 bits per heavy atom. The normalized spacial score (nSPS) is 12.6. The smallest absolute Gasteiger partial charge is 0.377 e. The lowest BCUT2D eigenvalue weighted by molar-refractivity contribution is -0.137. The van der Waals surface area contributed by atoms with Crippen LogP contribution < -0.4 is 10.6 Å². The standard InChI is InChI=1S/C18H15ClF5N7O2/c1-8(33-2)12-11(7-25-14(13(12)19)15(20)21)30-17(32)29-9-5-10(18(22,23)24)16(26-6-9)31-27-3-4-28-31/h3-8,15H,1-2H3,(H2,29,30,32)/t8-/m0/s1. The van der Waals surface area contributed by atoms with Crippen molar-refractivity contribution in [1.82, 2.24) is 25.0 Å². The average molecular weight is 492 g/mol. The number of anilines is 2. The Labute approximate surface area is 187 Å². The van der Waals surface area contributed by atoms with Crippen molar-refractivity contribution >= 4 is 29.0 Å². The summed E-state index contributed by atoms with van der Waals surface area (Å²) >= 11 is 6.02. The molecule has 0 aliphatic rings. The van der Waals surface area contributed by atoms with Crippen LogP contribution in [0.25, 0.3) is 5.82 Å². The quantitative estimate of drug-likeness (QED) is 0.469. The number of rotatable bonds is 6. The number of methoxy groups -OCH3 is 1. The monoisotopic (exact) mass is 491 g/mol. The highest BCUT2D eigenvalue weighted by atomic mass is 35.5. The predicted molar refractivity (Wildman–Crippen MR) is 106 cm³/mol. The fraction of sp³-hybridized carbons (Fsp3) is 0.278. The highest BCUT2D eigenvalue weighted by molar-refractivity contribution is 6.32. The van der Waals surface area contributed by atoms with Gasteiger partial charge in [-0.15, -0.1) is 4.80 Å². The Kier molecular flexibility index (Phi) is 7.07. The summed E-state index contributed by atoms with van der Waals surface area (Å²) in [5.41, 5.74) is -2.26. The van der Waals surface area contributed by atoms with Gasteiger partial charge in [-0.1, -0.05) is 11.6 Å². The lowest BCUT2D eigenvalue weighted by Crippen LogP contribution is -2.22. The molecule has 3 rings (SSSR count). The van der Waals surface area contributed by atoms with E-state index < -0.39 is 46.8 Å². The van der Waals surface area contributed by atoms with Gasteiger partial charge in [-0.25, -0.2) is 18.6 Å². The third-order valence-corrected chi connectivity index (χ3v) is 4.73. The van der Waals surface area contributed by atoms with E-state index >= 15 is 0 Å². The van der Waals surface area contributed by atoms with E-state index in [-0.39, 0.29) is 16.9 Å². The molecule has 0 radical (unpaired) electrons. The number of nitrogens with zero attached hydrogens (tertiary/aromatic N) is 5. The molecule has 0 fully saturated rings. The van der Waals surface area contributed by atoms with Crippen LogP contribution in [0.3, 0.4) is 0 Å². The van der Waals surface area contributed by atoms with Crippen LogP contribution in [0.1, 0.15) is 36.3 Å². The molecule has 0 aromatic carbocycles. The molecular formula is C18H15ClF5N7O2. The van der Waals surface area contributed by atoms with Crippen molar-refractivity contribution < 1.29 is 31.5 Å². The van der Waals surface area contributed by atoms with Crippen molar-refractivity contribution in [2.75, 3.05) is 17.7 Å². The summed E-state index contributed by atoms with van der Waals surface area (Å²) in [6, 6.07) is -0.350. The van der Waals surface area contributed by atoms with Gasteiger partial charge >= 0.3 is 12.2 Å². The Morgan fingerprint density at radius 2 is 1.82 bits per heavy atom. The van der Waals surface area contributed by atoms with Crippen molar-refractivity contribution in [3.8, 4) is 5.82 Å². The van der Waals surface area contributed by atoms with Gasteiger partial charge < -0.3 is 15.4 Å². The summed E-state index contributed by atoms with van der Waals surface area (Å²) in [4.78, 5) is 20.3. The van der Waals surface area contributed by atoms with Crippen molar-refractivity contribution in [3.63, 3.8) is 0 Å². The van der Waals surface area contributed by atoms with Crippen LogP contribution in [-0.2, 0) is 10.9 Å². The summed E-state index contributed by atoms with van der Waals surface area (Å²) in [7, 11) is 1.30. The molecule has 0 spiro atoms. The number of hydrogen-bond donors (Lipinski definition) is 2. The summed E-state index contributed by atoms with van der Waals surface area (Å²) in [5.74, 6) is -0.590.